The first-order chi connectivity index (χ1) is 10.1. The molecule has 1 atom stereocenters. The first-order valence-corrected chi connectivity index (χ1v) is 7.58. The second-order valence-electron chi connectivity index (χ2n) is 6.30. The minimum Gasteiger partial charge on any atom is -0.459 e. The van der Waals surface area contributed by atoms with E-state index in [0.717, 1.165) is 45.0 Å². The third-order valence-corrected chi connectivity index (χ3v) is 4.27. The number of aromatic nitrogens is 1. The van der Waals surface area contributed by atoms with Gasteiger partial charge < -0.3 is 14.4 Å². The number of carbonyl (C=O) groups excluding carboxylic acids is 1. The molecule has 114 valence electrons. The highest BCUT2D eigenvalue weighted by Gasteiger charge is 2.42. The lowest BCUT2D eigenvalue weighted by Gasteiger charge is -2.24. The minimum absolute atomic E-state index is 0.126. The van der Waals surface area contributed by atoms with E-state index < -0.39 is 0 Å². The van der Waals surface area contributed by atoms with Gasteiger partial charge in [-0.15, -0.1) is 0 Å². The van der Waals surface area contributed by atoms with Gasteiger partial charge in [0.25, 0.3) is 0 Å². The standard InChI is InChI=1S/C16H22N2O3/c1-12(2)21-15(19)13-4-3-7-17-14(13)18-8-5-16(10-18)6-9-20-11-16/h3-4,7,12H,5-6,8-11H2,1-2H3. The molecular weight excluding hydrogens is 268 g/mol. The van der Waals surface area contributed by atoms with Crippen molar-refractivity contribution in [3.8, 4) is 0 Å². The summed E-state index contributed by atoms with van der Waals surface area (Å²) >= 11 is 0. The molecule has 3 rings (SSSR count). The van der Waals surface area contributed by atoms with Gasteiger partial charge in [-0.3, -0.25) is 0 Å². The molecule has 3 heterocycles. The van der Waals surface area contributed by atoms with Crippen LogP contribution in [-0.2, 0) is 9.47 Å². The van der Waals surface area contributed by atoms with Crippen molar-refractivity contribution in [1.82, 2.24) is 4.98 Å². The molecule has 0 aliphatic carbocycles. The number of pyridine rings is 1. The molecule has 0 saturated carbocycles. The van der Waals surface area contributed by atoms with Crippen molar-refractivity contribution in [2.45, 2.75) is 32.8 Å². The van der Waals surface area contributed by atoms with Crippen molar-refractivity contribution in [3.05, 3.63) is 23.9 Å². The molecule has 2 saturated heterocycles. The molecule has 2 aliphatic rings. The molecule has 2 aliphatic heterocycles. The fraction of sp³-hybridized carbons (Fsp3) is 0.625. The molecule has 0 bridgehead atoms. The number of esters is 1. The van der Waals surface area contributed by atoms with E-state index in [1.807, 2.05) is 13.8 Å². The van der Waals surface area contributed by atoms with E-state index in [4.69, 9.17) is 9.47 Å². The lowest BCUT2D eigenvalue weighted by molar-refractivity contribution is 0.0378. The Morgan fingerprint density at radius 3 is 3.05 bits per heavy atom. The Bertz CT molecular complexity index is 524. The lowest BCUT2D eigenvalue weighted by atomic mass is 9.87. The second-order valence-corrected chi connectivity index (χ2v) is 6.30. The van der Waals surface area contributed by atoms with Crippen LogP contribution >= 0.6 is 0 Å². The van der Waals surface area contributed by atoms with E-state index >= 15 is 0 Å². The largest absolute Gasteiger partial charge is 0.459 e. The number of hydrogen-bond donors (Lipinski definition) is 0. The van der Waals surface area contributed by atoms with E-state index in [9.17, 15) is 4.79 Å². The fourth-order valence-electron chi connectivity index (χ4n) is 3.17. The van der Waals surface area contributed by atoms with E-state index in [1.54, 1.807) is 18.3 Å². The number of carbonyl (C=O) groups is 1. The maximum Gasteiger partial charge on any atom is 0.342 e. The smallest absolute Gasteiger partial charge is 0.342 e. The van der Waals surface area contributed by atoms with Gasteiger partial charge in [0.2, 0.25) is 0 Å². The van der Waals surface area contributed by atoms with Crippen molar-refractivity contribution in [2.24, 2.45) is 5.41 Å². The monoisotopic (exact) mass is 290 g/mol. The van der Waals surface area contributed by atoms with Crippen molar-refractivity contribution in [1.29, 1.82) is 0 Å². The van der Waals surface area contributed by atoms with Gasteiger partial charge >= 0.3 is 5.97 Å². The SMILES string of the molecule is CC(C)OC(=O)c1cccnc1N1CCC2(CCOC2)C1. The normalized spacial score (nSPS) is 25.0. The van der Waals surface area contributed by atoms with Crippen LogP contribution in [0.25, 0.3) is 0 Å². The number of anilines is 1. The number of ether oxygens (including phenoxy) is 2. The maximum atomic E-state index is 12.2. The van der Waals surface area contributed by atoms with E-state index in [0.29, 0.717) is 5.56 Å². The third kappa shape index (κ3) is 2.88. The highest BCUT2D eigenvalue weighted by molar-refractivity contribution is 5.94. The Morgan fingerprint density at radius 2 is 2.33 bits per heavy atom. The number of hydrogen-bond acceptors (Lipinski definition) is 5. The summed E-state index contributed by atoms with van der Waals surface area (Å²) < 4.78 is 10.9. The molecule has 21 heavy (non-hydrogen) atoms. The van der Waals surface area contributed by atoms with Gasteiger partial charge in [-0.2, -0.15) is 0 Å². The number of rotatable bonds is 3. The zero-order chi connectivity index (χ0) is 14.9. The van der Waals surface area contributed by atoms with Crippen LogP contribution in [0.5, 0.6) is 0 Å². The number of nitrogens with zero attached hydrogens (tertiary/aromatic N) is 2. The Labute approximate surface area is 125 Å². The summed E-state index contributed by atoms with van der Waals surface area (Å²) in [7, 11) is 0. The molecule has 1 aromatic heterocycles. The van der Waals surface area contributed by atoms with Gasteiger partial charge in [-0.25, -0.2) is 9.78 Å². The highest BCUT2D eigenvalue weighted by atomic mass is 16.5. The Morgan fingerprint density at radius 1 is 1.48 bits per heavy atom. The summed E-state index contributed by atoms with van der Waals surface area (Å²) in [5.74, 6) is 0.448. The lowest BCUT2D eigenvalue weighted by Crippen LogP contribution is -2.29. The highest BCUT2D eigenvalue weighted by Crippen LogP contribution is 2.40. The molecule has 1 unspecified atom stereocenters. The van der Waals surface area contributed by atoms with Gasteiger partial charge in [-0.1, -0.05) is 0 Å². The van der Waals surface area contributed by atoms with Crippen LogP contribution in [0, 0.1) is 5.41 Å². The maximum absolute atomic E-state index is 12.2. The van der Waals surface area contributed by atoms with Gasteiger partial charge in [-0.05, 0) is 38.8 Å². The van der Waals surface area contributed by atoms with Crippen LogP contribution < -0.4 is 4.90 Å². The predicted molar refractivity (Wildman–Crippen MR) is 79.5 cm³/mol. The summed E-state index contributed by atoms with van der Waals surface area (Å²) in [5, 5.41) is 0. The zero-order valence-electron chi connectivity index (χ0n) is 12.7. The van der Waals surface area contributed by atoms with Crippen molar-refractivity contribution in [2.75, 3.05) is 31.2 Å². The van der Waals surface area contributed by atoms with Crippen LogP contribution in [0.15, 0.2) is 18.3 Å². The fourth-order valence-corrected chi connectivity index (χ4v) is 3.17. The molecule has 0 aromatic carbocycles. The average molecular weight is 290 g/mol. The summed E-state index contributed by atoms with van der Waals surface area (Å²) in [6.07, 6.45) is 3.81. The summed E-state index contributed by atoms with van der Waals surface area (Å²) in [6, 6.07) is 3.58. The summed E-state index contributed by atoms with van der Waals surface area (Å²) in [4.78, 5) is 18.9. The Balaban J connectivity index is 1.81. The molecule has 5 nitrogen and oxygen atoms in total. The molecule has 0 radical (unpaired) electrons. The first-order valence-electron chi connectivity index (χ1n) is 7.58. The van der Waals surface area contributed by atoms with Gasteiger partial charge in [0.05, 0.1) is 12.7 Å². The second kappa shape index (κ2) is 5.64. The van der Waals surface area contributed by atoms with Crippen molar-refractivity contribution < 1.29 is 14.3 Å². The molecule has 1 aromatic rings. The topological polar surface area (TPSA) is 51.7 Å². The van der Waals surface area contributed by atoms with Crippen LogP contribution in [0.3, 0.4) is 0 Å². The molecule has 0 N–H and O–H groups in total. The Hall–Kier alpha value is -1.62. The summed E-state index contributed by atoms with van der Waals surface area (Å²) in [5.41, 5.74) is 0.804. The molecule has 2 fully saturated rings. The van der Waals surface area contributed by atoms with Gasteiger partial charge in [0.15, 0.2) is 0 Å². The molecule has 5 heteroatoms. The van der Waals surface area contributed by atoms with Gasteiger partial charge in [0, 0.05) is 31.3 Å². The minimum atomic E-state index is -0.295. The van der Waals surface area contributed by atoms with E-state index in [-0.39, 0.29) is 17.5 Å². The summed E-state index contributed by atoms with van der Waals surface area (Å²) in [6.45, 7) is 7.21. The quantitative estimate of drug-likeness (QED) is 0.799. The van der Waals surface area contributed by atoms with E-state index in [2.05, 4.69) is 9.88 Å². The Kier molecular flexibility index (Phi) is 3.85. The average Bonchev–Trinajstić information content (AvgIpc) is 3.09. The van der Waals surface area contributed by atoms with Crippen molar-refractivity contribution in [3.63, 3.8) is 0 Å². The predicted octanol–water partition coefficient (Wildman–Crippen LogP) is 2.26. The van der Waals surface area contributed by atoms with Crippen LogP contribution in [0.2, 0.25) is 0 Å². The molecule has 0 amide bonds. The first kappa shape index (κ1) is 14.3. The molecular formula is C16H22N2O3. The van der Waals surface area contributed by atoms with Gasteiger partial charge in [0.1, 0.15) is 11.4 Å². The third-order valence-electron chi connectivity index (χ3n) is 4.27. The van der Waals surface area contributed by atoms with E-state index in [1.165, 1.54) is 0 Å². The zero-order valence-corrected chi connectivity index (χ0v) is 12.7. The van der Waals surface area contributed by atoms with Crippen LogP contribution in [-0.4, -0.2) is 43.4 Å². The van der Waals surface area contributed by atoms with Crippen LogP contribution in [0.1, 0.15) is 37.0 Å². The van der Waals surface area contributed by atoms with Crippen molar-refractivity contribution >= 4 is 11.8 Å². The van der Waals surface area contributed by atoms with Crippen LogP contribution in [0.4, 0.5) is 5.82 Å². The molecule has 1 spiro atoms.